The standard InChI is InChI=1S/C15H19Cl2FN2/c1-4-10(5-2)9(3)20-14-7-12(18)11(17)6-13(14)19-15(20)8-16/h6-7,9-10H,4-5,8H2,1-3H3. The molecule has 0 bridgehead atoms. The highest BCUT2D eigenvalue weighted by molar-refractivity contribution is 6.31. The predicted molar refractivity (Wildman–Crippen MR) is 83.0 cm³/mol. The molecule has 0 amide bonds. The van der Waals surface area contributed by atoms with Gasteiger partial charge in [0, 0.05) is 12.1 Å². The van der Waals surface area contributed by atoms with Crippen LogP contribution in [0.15, 0.2) is 12.1 Å². The fourth-order valence-corrected chi connectivity index (χ4v) is 3.22. The van der Waals surface area contributed by atoms with E-state index in [0.29, 0.717) is 17.3 Å². The van der Waals surface area contributed by atoms with Crippen LogP contribution in [0.25, 0.3) is 11.0 Å². The number of halogens is 3. The van der Waals surface area contributed by atoms with Crippen LogP contribution in [0.4, 0.5) is 4.39 Å². The summed E-state index contributed by atoms with van der Waals surface area (Å²) in [4.78, 5) is 4.49. The number of alkyl halides is 1. The third-order valence-electron chi connectivity index (χ3n) is 4.06. The Bertz CT molecular complexity index is 605. The lowest BCUT2D eigenvalue weighted by Gasteiger charge is -2.25. The van der Waals surface area contributed by atoms with Gasteiger partial charge in [0.15, 0.2) is 0 Å². The lowest BCUT2D eigenvalue weighted by molar-refractivity contribution is 0.334. The number of rotatable bonds is 5. The van der Waals surface area contributed by atoms with Gasteiger partial charge >= 0.3 is 0 Å². The van der Waals surface area contributed by atoms with Gasteiger partial charge in [-0.05, 0) is 18.9 Å². The van der Waals surface area contributed by atoms with Gasteiger partial charge in [-0.25, -0.2) is 9.37 Å². The number of nitrogens with zero attached hydrogens (tertiary/aromatic N) is 2. The quantitative estimate of drug-likeness (QED) is 0.660. The van der Waals surface area contributed by atoms with E-state index in [4.69, 9.17) is 23.2 Å². The summed E-state index contributed by atoms with van der Waals surface area (Å²) >= 11 is 11.8. The molecule has 1 atom stereocenters. The van der Waals surface area contributed by atoms with Gasteiger partial charge in [-0.2, -0.15) is 0 Å². The van der Waals surface area contributed by atoms with Gasteiger partial charge < -0.3 is 4.57 Å². The maximum atomic E-state index is 13.8. The first kappa shape index (κ1) is 15.6. The van der Waals surface area contributed by atoms with E-state index in [1.54, 1.807) is 6.07 Å². The molecule has 0 aliphatic carbocycles. The largest absolute Gasteiger partial charge is 0.324 e. The third-order valence-corrected chi connectivity index (χ3v) is 4.59. The van der Waals surface area contributed by atoms with Gasteiger partial charge in [-0.3, -0.25) is 0 Å². The summed E-state index contributed by atoms with van der Waals surface area (Å²) in [6.07, 6.45) is 2.13. The summed E-state index contributed by atoms with van der Waals surface area (Å²) in [5.74, 6) is 1.16. The molecule has 20 heavy (non-hydrogen) atoms. The molecule has 5 heteroatoms. The summed E-state index contributed by atoms with van der Waals surface area (Å²) in [5, 5.41) is 0.0958. The summed E-state index contributed by atoms with van der Waals surface area (Å²) in [7, 11) is 0. The Balaban J connectivity index is 2.63. The fraction of sp³-hybridized carbons (Fsp3) is 0.533. The van der Waals surface area contributed by atoms with Crippen molar-refractivity contribution in [3.63, 3.8) is 0 Å². The number of hydrogen-bond donors (Lipinski definition) is 0. The van der Waals surface area contributed by atoms with Crippen molar-refractivity contribution in [2.75, 3.05) is 0 Å². The second-order valence-electron chi connectivity index (χ2n) is 5.10. The van der Waals surface area contributed by atoms with E-state index in [2.05, 4.69) is 30.3 Å². The Morgan fingerprint density at radius 2 is 1.95 bits per heavy atom. The first-order valence-corrected chi connectivity index (χ1v) is 7.86. The monoisotopic (exact) mass is 316 g/mol. The van der Waals surface area contributed by atoms with Crippen LogP contribution in [0.2, 0.25) is 5.02 Å². The van der Waals surface area contributed by atoms with Crippen LogP contribution in [0.5, 0.6) is 0 Å². The highest BCUT2D eigenvalue weighted by Gasteiger charge is 2.22. The molecule has 0 aliphatic heterocycles. The molecule has 110 valence electrons. The minimum atomic E-state index is -0.418. The van der Waals surface area contributed by atoms with Crippen LogP contribution in [0.1, 0.15) is 45.5 Å². The number of aromatic nitrogens is 2. The lowest BCUT2D eigenvalue weighted by atomic mass is 9.95. The number of fused-ring (bicyclic) bond motifs is 1. The molecule has 1 unspecified atom stereocenters. The van der Waals surface area contributed by atoms with E-state index in [1.165, 1.54) is 6.07 Å². The van der Waals surface area contributed by atoms with Gasteiger partial charge in [0.25, 0.3) is 0 Å². The number of hydrogen-bond acceptors (Lipinski definition) is 1. The Labute approximate surface area is 128 Å². The van der Waals surface area contributed by atoms with Crippen molar-refractivity contribution in [3.8, 4) is 0 Å². The zero-order chi connectivity index (χ0) is 14.9. The molecule has 0 saturated carbocycles. The Kier molecular flexibility index (Phi) is 4.92. The molecule has 2 rings (SSSR count). The Morgan fingerprint density at radius 1 is 1.30 bits per heavy atom. The second kappa shape index (κ2) is 6.31. The van der Waals surface area contributed by atoms with Crippen molar-refractivity contribution in [1.29, 1.82) is 0 Å². The van der Waals surface area contributed by atoms with Crippen LogP contribution in [-0.4, -0.2) is 9.55 Å². The molecule has 0 saturated heterocycles. The van der Waals surface area contributed by atoms with Crippen LogP contribution in [-0.2, 0) is 5.88 Å². The molecule has 0 radical (unpaired) electrons. The first-order chi connectivity index (χ1) is 9.53. The summed E-state index contributed by atoms with van der Waals surface area (Å²) in [5.41, 5.74) is 1.46. The van der Waals surface area contributed by atoms with E-state index in [1.807, 2.05) is 0 Å². The van der Waals surface area contributed by atoms with E-state index in [-0.39, 0.29) is 11.1 Å². The molecule has 0 N–H and O–H groups in total. The highest BCUT2D eigenvalue weighted by Crippen LogP contribution is 2.32. The smallest absolute Gasteiger partial charge is 0.144 e. The van der Waals surface area contributed by atoms with Gasteiger partial charge in [-0.1, -0.05) is 38.3 Å². The Hall–Kier alpha value is -0.800. The van der Waals surface area contributed by atoms with E-state index < -0.39 is 5.82 Å². The fourth-order valence-electron chi connectivity index (χ4n) is 2.87. The zero-order valence-electron chi connectivity index (χ0n) is 12.0. The normalized spacial score (nSPS) is 13.3. The van der Waals surface area contributed by atoms with Crippen molar-refractivity contribution in [3.05, 3.63) is 28.8 Å². The van der Waals surface area contributed by atoms with E-state index >= 15 is 0 Å². The van der Waals surface area contributed by atoms with E-state index in [0.717, 1.165) is 24.2 Å². The van der Waals surface area contributed by atoms with Gasteiger partial charge in [0.05, 0.1) is 21.9 Å². The molecule has 2 aromatic rings. The van der Waals surface area contributed by atoms with Crippen molar-refractivity contribution >= 4 is 34.2 Å². The molecule has 1 heterocycles. The number of benzene rings is 1. The summed E-state index contributed by atoms with van der Waals surface area (Å²) in [6.45, 7) is 6.48. The zero-order valence-corrected chi connectivity index (χ0v) is 13.5. The maximum Gasteiger partial charge on any atom is 0.144 e. The molecule has 0 spiro atoms. The van der Waals surface area contributed by atoms with Gasteiger partial charge in [-0.15, -0.1) is 11.6 Å². The molecular weight excluding hydrogens is 298 g/mol. The van der Waals surface area contributed by atoms with E-state index in [9.17, 15) is 4.39 Å². The lowest BCUT2D eigenvalue weighted by Crippen LogP contribution is -2.17. The first-order valence-electron chi connectivity index (χ1n) is 6.95. The molecule has 1 aromatic heterocycles. The Morgan fingerprint density at radius 3 is 2.50 bits per heavy atom. The maximum absolute atomic E-state index is 13.8. The molecule has 2 nitrogen and oxygen atoms in total. The van der Waals surface area contributed by atoms with Crippen molar-refractivity contribution in [2.24, 2.45) is 5.92 Å². The molecule has 0 aliphatic rings. The van der Waals surface area contributed by atoms with Crippen molar-refractivity contribution in [1.82, 2.24) is 9.55 Å². The second-order valence-corrected chi connectivity index (χ2v) is 5.78. The summed E-state index contributed by atoms with van der Waals surface area (Å²) in [6, 6.07) is 3.25. The van der Waals surface area contributed by atoms with Crippen LogP contribution >= 0.6 is 23.2 Å². The average Bonchev–Trinajstić information content (AvgIpc) is 2.78. The third kappa shape index (κ3) is 2.66. The molecule has 1 aromatic carbocycles. The van der Waals surface area contributed by atoms with Gasteiger partial charge in [0.1, 0.15) is 11.6 Å². The van der Waals surface area contributed by atoms with Crippen LogP contribution < -0.4 is 0 Å². The minimum absolute atomic E-state index is 0.0958. The number of imidazole rings is 1. The average molecular weight is 317 g/mol. The minimum Gasteiger partial charge on any atom is -0.324 e. The summed E-state index contributed by atoms with van der Waals surface area (Å²) < 4.78 is 15.8. The van der Waals surface area contributed by atoms with Crippen molar-refractivity contribution in [2.45, 2.75) is 45.5 Å². The molecule has 0 fully saturated rings. The van der Waals surface area contributed by atoms with Crippen LogP contribution in [0.3, 0.4) is 0 Å². The highest BCUT2D eigenvalue weighted by atomic mass is 35.5. The van der Waals surface area contributed by atoms with Crippen LogP contribution in [0, 0.1) is 11.7 Å². The predicted octanol–water partition coefficient (Wildman–Crippen LogP) is 5.56. The SMILES string of the molecule is CCC(CC)C(C)n1c(CCl)nc2cc(Cl)c(F)cc21. The molecular formula is C15H19Cl2FN2. The topological polar surface area (TPSA) is 17.8 Å². The van der Waals surface area contributed by atoms with Gasteiger partial charge in [0.2, 0.25) is 0 Å². The van der Waals surface area contributed by atoms with Crippen molar-refractivity contribution < 1.29 is 4.39 Å².